The normalized spacial score (nSPS) is 19.9. The number of hydrogen-bond donors (Lipinski definition) is 0. The van der Waals surface area contributed by atoms with Crippen LogP contribution in [0.4, 0.5) is 9.59 Å². The number of rotatable bonds is 4. The minimum Gasteiger partial charge on any atom is -0.443 e. The van der Waals surface area contributed by atoms with Gasteiger partial charge in [-0.25, -0.2) is 14.5 Å². The molecule has 0 N–H and O–H groups in total. The molecule has 0 radical (unpaired) electrons. The predicted octanol–water partition coefficient (Wildman–Crippen LogP) is 7.02. The fourth-order valence-electron chi connectivity index (χ4n) is 5.19. The molecule has 2 amide bonds. The van der Waals surface area contributed by atoms with Crippen molar-refractivity contribution in [2.45, 2.75) is 91.5 Å². The number of carbonyl (C=O) groups is 3. The summed E-state index contributed by atoms with van der Waals surface area (Å²) in [4.78, 5) is 47.5. The number of ether oxygens (including phenoxy) is 2. The predicted molar refractivity (Wildman–Crippen MR) is 160 cm³/mol. The molecule has 0 bridgehead atoms. The second-order valence-corrected chi connectivity index (χ2v) is 13.2. The Morgan fingerprint density at radius 1 is 0.902 bits per heavy atom. The van der Waals surface area contributed by atoms with E-state index in [4.69, 9.17) is 14.5 Å². The summed E-state index contributed by atoms with van der Waals surface area (Å²) in [7, 11) is 0. The van der Waals surface area contributed by atoms with Crippen molar-refractivity contribution >= 4 is 34.7 Å². The fraction of sp³-hybridized carbons (Fsp3) is 0.455. The van der Waals surface area contributed by atoms with Crippen molar-refractivity contribution in [2.24, 2.45) is 10.9 Å². The molecule has 2 heterocycles. The Kier molecular flexibility index (Phi) is 7.91. The highest BCUT2D eigenvalue weighted by Gasteiger charge is 2.50. The molecule has 1 aliphatic rings. The highest BCUT2D eigenvalue weighted by molar-refractivity contribution is 6.14. The van der Waals surface area contributed by atoms with Gasteiger partial charge in [0, 0.05) is 18.0 Å². The first-order valence-electron chi connectivity index (χ1n) is 14.0. The van der Waals surface area contributed by atoms with Crippen LogP contribution >= 0.6 is 0 Å². The summed E-state index contributed by atoms with van der Waals surface area (Å²) >= 11 is 0. The van der Waals surface area contributed by atoms with Gasteiger partial charge in [0.25, 0.3) is 5.91 Å². The molecule has 1 aliphatic heterocycles. The van der Waals surface area contributed by atoms with Crippen LogP contribution in [0.2, 0.25) is 0 Å². The highest BCUT2D eigenvalue weighted by Crippen LogP contribution is 2.35. The number of benzene rings is 2. The quantitative estimate of drug-likeness (QED) is 0.343. The first-order valence-corrected chi connectivity index (χ1v) is 14.0. The van der Waals surface area contributed by atoms with Gasteiger partial charge in [0.2, 0.25) is 0 Å². The molecule has 0 saturated carbocycles. The molecule has 0 fully saturated rings. The third-order valence-corrected chi connectivity index (χ3v) is 6.82. The monoisotopic (exact) mass is 559 g/mol. The topological polar surface area (TPSA) is 90.2 Å². The average Bonchev–Trinajstić information content (AvgIpc) is 3.22. The molecule has 2 aromatic carbocycles. The Morgan fingerprint density at radius 3 is 2.05 bits per heavy atom. The molecule has 1 aromatic heterocycles. The minimum atomic E-state index is -1.35. The second kappa shape index (κ2) is 10.8. The van der Waals surface area contributed by atoms with Crippen molar-refractivity contribution in [1.29, 1.82) is 0 Å². The zero-order valence-corrected chi connectivity index (χ0v) is 25.5. The number of fused-ring (bicyclic) bond motifs is 1. The maximum absolute atomic E-state index is 14.4. The maximum atomic E-state index is 14.4. The molecule has 4 rings (SSSR count). The van der Waals surface area contributed by atoms with Crippen molar-refractivity contribution in [3.05, 3.63) is 71.9 Å². The van der Waals surface area contributed by atoms with E-state index in [1.807, 2.05) is 89.2 Å². The number of hydrogen-bond acceptors (Lipinski definition) is 6. The van der Waals surface area contributed by atoms with Crippen molar-refractivity contribution < 1.29 is 23.9 Å². The van der Waals surface area contributed by atoms with E-state index in [1.165, 1.54) is 9.47 Å². The number of aliphatic imine (C=N–C) groups is 1. The summed E-state index contributed by atoms with van der Waals surface area (Å²) in [6, 6.07) is 16.5. The molecule has 0 saturated heterocycles. The Hall–Kier alpha value is -3.94. The number of carbonyl (C=O) groups excluding carboxylic acids is 3. The Balaban J connectivity index is 1.88. The summed E-state index contributed by atoms with van der Waals surface area (Å²) < 4.78 is 12.9. The maximum Gasteiger partial charge on any atom is 0.419 e. The number of aromatic nitrogens is 1. The fourth-order valence-corrected chi connectivity index (χ4v) is 5.19. The van der Waals surface area contributed by atoms with Gasteiger partial charge in [-0.3, -0.25) is 14.4 Å². The minimum absolute atomic E-state index is 0.121. The molecular formula is C33H41N3O5. The Bertz CT molecular complexity index is 1490. The zero-order valence-electron chi connectivity index (χ0n) is 25.5. The lowest BCUT2D eigenvalue weighted by atomic mass is 9.83. The van der Waals surface area contributed by atoms with Crippen LogP contribution in [0, 0.1) is 5.92 Å². The van der Waals surface area contributed by atoms with Gasteiger partial charge in [0.1, 0.15) is 16.7 Å². The summed E-state index contributed by atoms with van der Waals surface area (Å²) in [5.41, 5.74) is 0.0565. The van der Waals surface area contributed by atoms with Crippen molar-refractivity contribution in [1.82, 2.24) is 9.47 Å². The van der Waals surface area contributed by atoms with Crippen molar-refractivity contribution in [2.75, 3.05) is 0 Å². The second-order valence-electron chi connectivity index (χ2n) is 13.2. The molecule has 3 aromatic rings. The molecule has 8 heteroatoms. The third-order valence-electron chi connectivity index (χ3n) is 6.82. The first-order chi connectivity index (χ1) is 19.0. The van der Waals surface area contributed by atoms with E-state index in [0.717, 1.165) is 16.5 Å². The summed E-state index contributed by atoms with van der Waals surface area (Å²) in [5.74, 6) is -0.566. The van der Waals surface area contributed by atoms with Crippen LogP contribution in [0.25, 0.3) is 10.9 Å². The van der Waals surface area contributed by atoms with Crippen LogP contribution in [0.5, 0.6) is 0 Å². The number of nitrogens with zero attached hydrogens (tertiary/aromatic N) is 3. The molecule has 0 unspecified atom stereocenters. The molecule has 2 atom stereocenters. The van der Waals surface area contributed by atoms with E-state index in [1.54, 1.807) is 33.9 Å². The Morgan fingerprint density at radius 2 is 1.46 bits per heavy atom. The SMILES string of the molecule is CC(C)[C@@H]1C(c2ccccc2)=N[C@@](C)(Cc2cn(C(=O)OC(C)(C)C)c3ccccc23)C(=O)N1C(=O)OC(C)(C)C. The summed E-state index contributed by atoms with van der Waals surface area (Å²) in [6.07, 6.45) is 0.653. The van der Waals surface area contributed by atoms with Crippen LogP contribution in [0.3, 0.4) is 0 Å². The van der Waals surface area contributed by atoms with Gasteiger partial charge in [-0.15, -0.1) is 0 Å². The van der Waals surface area contributed by atoms with Gasteiger partial charge in [-0.1, -0.05) is 62.4 Å². The number of para-hydroxylation sites is 1. The van der Waals surface area contributed by atoms with E-state index in [2.05, 4.69) is 0 Å². The highest BCUT2D eigenvalue weighted by atomic mass is 16.6. The van der Waals surface area contributed by atoms with Crippen LogP contribution in [0.1, 0.15) is 73.4 Å². The summed E-state index contributed by atoms with van der Waals surface area (Å²) in [5, 5.41) is 0.804. The van der Waals surface area contributed by atoms with Gasteiger partial charge >= 0.3 is 12.2 Å². The lowest BCUT2D eigenvalue weighted by Gasteiger charge is -2.43. The van der Waals surface area contributed by atoms with Crippen LogP contribution in [-0.2, 0) is 20.7 Å². The van der Waals surface area contributed by atoms with E-state index in [0.29, 0.717) is 11.2 Å². The van der Waals surface area contributed by atoms with Crippen molar-refractivity contribution in [3.63, 3.8) is 0 Å². The third kappa shape index (κ3) is 6.37. The van der Waals surface area contributed by atoms with Crippen LogP contribution < -0.4 is 0 Å². The average molecular weight is 560 g/mol. The first kappa shape index (κ1) is 30.0. The largest absolute Gasteiger partial charge is 0.443 e. The molecule has 8 nitrogen and oxygen atoms in total. The van der Waals surface area contributed by atoms with Gasteiger partial charge in [-0.05, 0) is 71.6 Å². The van der Waals surface area contributed by atoms with Gasteiger partial charge < -0.3 is 9.47 Å². The van der Waals surface area contributed by atoms with Crippen LogP contribution in [0.15, 0.2) is 65.8 Å². The van der Waals surface area contributed by atoms with E-state index >= 15 is 0 Å². The molecular weight excluding hydrogens is 518 g/mol. The van der Waals surface area contributed by atoms with E-state index < -0.39 is 40.9 Å². The van der Waals surface area contributed by atoms with Gasteiger partial charge in [-0.2, -0.15) is 0 Å². The lowest BCUT2D eigenvalue weighted by molar-refractivity contribution is -0.138. The van der Waals surface area contributed by atoms with Gasteiger partial charge in [0.05, 0.1) is 17.3 Å². The lowest BCUT2D eigenvalue weighted by Crippen LogP contribution is -2.62. The number of imide groups is 1. The van der Waals surface area contributed by atoms with E-state index in [-0.39, 0.29) is 12.3 Å². The van der Waals surface area contributed by atoms with E-state index in [9.17, 15) is 14.4 Å². The molecule has 0 aliphatic carbocycles. The van der Waals surface area contributed by atoms with Gasteiger partial charge in [0.15, 0.2) is 0 Å². The zero-order chi connectivity index (χ0) is 30.3. The number of amides is 2. The smallest absolute Gasteiger partial charge is 0.419 e. The molecule has 0 spiro atoms. The summed E-state index contributed by atoms with van der Waals surface area (Å²) in [6.45, 7) is 16.4. The van der Waals surface area contributed by atoms with Crippen LogP contribution in [-0.4, -0.2) is 56.1 Å². The van der Waals surface area contributed by atoms with Crippen molar-refractivity contribution in [3.8, 4) is 0 Å². The molecule has 218 valence electrons. The molecule has 41 heavy (non-hydrogen) atoms. The Labute approximate surface area is 242 Å². The standard InChI is InChI=1S/C33H41N3O5/c1-21(2)27-26(22-15-11-10-12-16-22)34-33(9,28(37)36(27)30(39)41-32(6,7)8)19-23-20-35(29(38)40-31(3,4)5)25-18-14-13-17-24(23)25/h10-18,20-21,27H,19H2,1-9H3/t27-,33+/m1/s1.